The average molecular weight is 308 g/mol. The van der Waals surface area contributed by atoms with Crippen LogP contribution < -0.4 is 5.73 Å². The number of tetrazole rings is 1. The van der Waals surface area contributed by atoms with Crippen LogP contribution in [0.25, 0.3) is 17.1 Å². The van der Waals surface area contributed by atoms with Gasteiger partial charge < -0.3 is 5.73 Å². The van der Waals surface area contributed by atoms with Crippen LogP contribution in [0, 0.1) is 11.6 Å². The molecule has 0 aliphatic carbocycles. The molecule has 1 heterocycles. The lowest BCUT2D eigenvalue weighted by Crippen LogP contribution is -2.03. The molecule has 3 aromatic rings. The van der Waals surface area contributed by atoms with Crippen molar-refractivity contribution in [3.8, 4) is 17.1 Å². The summed E-state index contributed by atoms with van der Waals surface area (Å²) in [5.41, 5.74) is 6.02. The summed E-state index contributed by atoms with van der Waals surface area (Å²) in [6.07, 6.45) is 0. The fourth-order valence-corrected chi connectivity index (χ4v) is 2.03. The van der Waals surface area contributed by atoms with Crippen molar-refractivity contribution in [1.29, 1.82) is 0 Å². The van der Waals surface area contributed by atoms with Crippen molar-refractivity contribution in [3.05, 3.63) is 53.1 Å². The van der Waals surface area contributed by atoms with Crippen molar-refractivity contribution in [2.75, 3.05) is 5.73 Å². The Morgan fingerprint density at radius 2 is 1.81 bits per heavy atom. The highest BCUT2D eigenvalue weighted by Gasteiger charge is 2.15. The zero-order chi connectivity index (χ0) is 15.0. The van der Waals surface area contributed by atoms with Crippen molar-refractivity contribution >= 4 is 17.3 Å². The monoisotopic (exact) mass is 307 g/mol. The molecule has 21 heavy (non-hydrogen) atoms. The summed E-state index contributed by atoms with van der Waals surface area (Å²) in [5, 5.41) is 11.4. The Morgan fingerprint density at radius 1 is 1.05 bits per heavy atom. The Kier molecular flexibility index (Phi) is 3.26. The Bertz CT molecular complexity index is 818. The number of hydrogen-bond donors (Lipinski definition) is 1. The van der Waals surface area contributed by atoms with Gasteiger partial charge in [0.15, 0.2) is 5.82 Å². The Balaban J connectivity index is 2.17. The van der Waals surface area contributed by atoms with E-state index in [-0.39, 0.29) is 17.2 Å². The minimum atomic E-state index is -0.549. The standard InChI is InChI=1S/C13H8ClF2N5/c14-8-2-4-10(16)12(6-8)21-13(18-19-20-21)7-1-3-9(15)11(17)5-7/h1-6H,17H2. The van der Waals surface area contributed by atoms with Crippen LogP contribution in [0.2, 0.25) is 5.02 Å². The Morgan fingerprint density at radius 3 is 2.57 bits per heavy atom. The third-order valence-electron chi connectivity index (χ3n) is 2.86. The first-order valence-electron chi connectivity index (χ1n) is 5.85. The van der Waals surface area contributed by atoms with Gasteiger partial charge in [0.25, 0.3) is 0 Å². The zero-order valence-corrected chi connectivity index (χ0v) is 11.2. The Labute approximate surface area is 123 Å². The summed E-state index contributed by atoms with van der Waals surface area (Å²) in [4.78, 5) is 0. The normalized spacial score (nSPS) is 10.8. The molecule has 0 spiro atoms. The fraction of sp³-hybridized carbons (Fsp3) is 0. The molecule has 0 aliphatic rings. The third kappa shape index (κ3) is 2.43. The molecule has 0 unspecified atom stereocenters. The maximum Gasteiger partial charge on any atom is 0.187 e. The molecule has 0 bridgehead atoms. The van der Waals surface area contributed by atoms with Crippen LogP contribution in [-0.4, -0.2) is 20.2 Å². The van der Waals surface area contributed by atoms with Gasteiger partial charge >= 0.3 is 0 Å². The van der Waals surface area contributed by atoms with Crippen LogP contribution in [0.1, 0.15) is 0 Å². The van der Waals surface area contributed by atoms with Gasteiger partial charge in [-0.3, -0.25) is 0 Å². The van der Waals surface area contributed by atoms with Gasteiger partial charge in [0.1, 0.15) is 17.3 Å². The zero-order valence-electron chi connectivity index (χ0n) is 10.5. The summed E-state index contributed by atoms with van der Waals surface area (Å²) in [5.74, 6) is -0.863. The van der Waals surface area contributed by atoms with Gasteiger partial charge in [-0.15, -0.1) is 5.10 Å². The molecule has 0 saturated heterocycles. The van der Waals surface area contributed by atoms with Gasteiger partial charge in [0.05, 0.1) is 5.69 Å². The van der Waals surface area contributed by atoms with E-state index in [1.54, 1.807) is 0 Å². The summed E-state index contributed by atoms with van der Waals surface area (Å²) >= 11 is 5.86. The molecule has 5 nitrogen and oxygen atoms in total. The molecule has 0 aliphatic heterocycles. The lowest BCUT2D eigenvalue weighted by atomic mass is 10.2. The molecule has 3 rings (SSSR count). The second kappa shape index (κ2) is 5.10. The maximum absolute atomic E-state index is 13.9. The van der Waals surface area contributed by atoms with Crippen molar-refractivity contribution in [2.24, 2.45) is 0 Å². The minimum Gasteiger partial charge on any atom is -0.396 e. The molecule has 0 atom stereocenters. The van der Waals surface area contributed by atoms with E-state index in [4.69, 9.17) is 17.3 Å². The van der Waals surface area contributed by atoms with Gasteiger partial charge in [-0.05, 0) is 46.8 Å². The highest BCUT2D eigenvalue weighted by molar-refractivity contribution is 6.30. The number of halogens is 3. The van der Waals surface area contributed by atoms with Gasteiger partial charge in [-0.1, -0.05) is 11.6 Å². The molecule has 0 radical (unpaired) electrons. The number of hydrogen-bond acceptors (Lipinski definition) is 4. The van der Waals surface area contributed by atoms with Crippen molar-refractivity contribution in [2.45, 2.75) is 0 Å². The predicted octanol–water partition coefficient (Wildman–Crippen LogP) is 2.84. The van der Waals surface area contributed by atoms with E-state index in [1.807, 2.05) is 0 Å². The van der Waals surface area contributed by atoms with E-state index >= 15 is 0 Å². The number of nitrogen functional groups attached to an aromatic ring is 1. The molecular weight excluding hydrogens is 300 g/mol. The number of nitrogens with zero attached hydrogens (tertiary/aromatic N) is 4. The molecule has 0 fully saturated rings. The van der Waals surface area contributed by atoms with E-state index in [0.717, 1.165) is 0 Å². The summed E-state index contributed by atoms with van der Waals surface area (Å²) in [7, 11) is 0. The van der Waals surface area contributed by atoms with Crippen LogP contribution >= 0.6 is 11.6 Å². The highest BCUT2D eigenvalue weighted by atomic mass is 35.5. The number of benzene rings is 2. The smallest absolute Gasteiger partial charge is 0.187 e. The predicted molar refractivity (Wildman–Crippen MR) is 73.9 cm³/mol. The number of rotatable bonds is 2. The average Bonchev–Trinajstić information content (AvgIpc) is 2.93. The van der Waals surface area contributed by atoms with Crippen LogP contribution in [0.4, 0.5) is 14.5 Å². The molecule has 2 aromatic carbocycles. The molecule has 8 heteroatoms. The molecule has 0 amide bonds. The fourth-order valence-electron chi connectivity index (χ4n) is 1.86. The van der Waals surface area contributed by atoms with Crippen LogP contribution in [0.15, 0.2) is 36.4 Å². The first-order valence-corrected chi connectivity index (χ1v) is 6.23. The SMILES string of the molecule is Nc1cc(-c2nnnn2-c2cc(Cl)ccc2F)ccc1F. The topological polar surface area (TPSA) is 69.6 Å². The summed E-state index contributed by atoms with van der Waals surface area (Å²) in [6.45, 7) is 0. The number of aromatic nitrogens is 4. The van der Waals surface area contributed by atoms with Crippen LogP contribution in [0.5, 0.6) is 0 Å². The lowest BCUT2D eigenvalue weighted by molar-refractivity contribution is 0.607. The van der Waals surface area contributed by atoms with Crippen molar-refractivity contribution < 1.29 is 8.78 Å². The maximum atomic E-state index is 13.9. The lowest BCUT2D eigenvalue weighted by Gasteiger charge is -2.07. The van der Waals surface area contributed by atoms with E-state index in [0.29, 0.717) is 10.6 Å². The first kappa shape index (κ1) is 13.4. The first-order chi connectivity index (χ1) is 10.1. The third-order valence-corrected chi connectivity index (χ3v) is 3.10. The van der Waals surface area contributed by atoms with Gasteiger partial charge in [0.2, 0.25) is 0 Å². The summed E-state index contributed by atoms with van der Waals surface area (Å²) < 4.78 is 28.3. The molecular formula is C13H8ClF2N5. The van der Waals surface area contributed by atoms with E-state index in [9.17, 15) is 8.78 Å². The molecule has 106 valence electrons. The van der Waals surface area contributed by atoms with Crippen LogP contribution in [-0.2, 0) is 0 Å². The van der Waals surface area contributed by atoms with Gasteiger partial charge in [-0.2, -0.15) is 4.68 Å². The molecule has 1 aromatic heterocycles. The number of nitrogens with two attached hydrogens (primary N) is 1. The molecule has 0 saturated carbocycles. The quantitative estimate of drug-likeness (QED) is 0.739. The second-order valence-electron chi connectivity index (χ2n) is 4.25. The second-order valence-corrected chi connectivity index (χ2v) is 4.68. The Hall–Kier alpha value is -2.54. The highest BCUT2D eigenvalue weighted by Crippen LogP contribution is 2.25. The van der Waals surface area contributed by atoms with Crippen molar-refractivity contribution in [3.63, 3.8) is 0 Å². The van der Waals surface area contributed by atoms with Gasteiger partial charge in [-0.25, -0.2) is 8.78 Å². The largest absolute Gasteiger partial charge is 0.396 e. The molecule has 2 N–H and O–H groups in total. The minimum absolute atomic E-state index is 0.0476. The van der Waals surface area contributed by atoms with Crippen molar-refractivity contribution in [1.82, 2.24) is 20.2 Å². The van der Waals surface area contributed by atoms with Crippen LogP contribution in [0.3, 0.4) is 0 Å². The van der Waals surface area contributed by atoms with E-state index in [1.165, 1.54) is 41.1 Å². The van der Waals surface area contributed by atoms with E-state index in [2.05, 4.69) is 15.5 Å². The summed E-state index contributed by atoms with van der Waals surface area (Å²) in [6, 6.07) is 8.04. The van der Waals surface area contributed by atoms with Gasteiger partial charge in [0, 0.05) is 10.6 Å². The number of anilines is 1. The van der Waals surface area contributed by atoms with E-state index < -0.39 is 11.6 Å².